The Morgan fingerprint density at radius 3 is 2.69 bits per heavy atom. The monoisotopic (exact) mass is 564 g/mol. The summed E-state index contributed by atoms with van der Waals surface area (Å²) in [5, 5.41) is 16.4. The maximum Gasteiger partial charge on any atom is 0.312 e. The van der Waals surface area contributed by atoms with Gasteiger partial charge in [-0.3, -0.25) is 14.9 Å². The number of halogens is 2. The van der Waals surface area contributed by atoms with E-state index in [0.29, 0.717) is 39.6 Å². The molecule has 168 valence electrons. The van der Waals surface area contributed by atoms with Crippen LogP contribution in [0.3, 0.4) is 0 Å². The molecule has 1 heterocycles. The number of rotatable bonds is 8. The highest BCUT2D eigenvalue weighted by Crippen LogP contribution is 2.37. The van der Waals surface area contributed by atoms with Crippen LogP contribution in [0.2, 0.25) is 0 Å². The Morgan fingerprint density at radius 2 is 2.03 bits per heavy atom. The van der Waals surface area contributed by atoms with E-state index in [9.17, 15) is 14.9 Å². The largest absolute Gasteiger partial charge is 0.483 e. The highest BCUT2D eigenvalue weighted by molar-refractivity contribution is 9.10. The van der Waals surface area contributed by atoms with Gasteiger partial charge in [-0.1, -0.05) is 29.8 Å². The van der Waals surface area contributed by atoms with E-state index in [0.717, 1.165) is 10.9 Å². The molecule has 0 amide bonds. The fourth-order valence-electron chi connectivity index (χ4n) is 3.03. The molecule has 0 unspecified atom stereocenters. The van der Waals surface area contributed by atoms with Crippen LogP contribution in [0.1, 0.15) is 45.0 Å². The van der Waals surface area contributed by atoms with Crippen molar-refractivity contribution in [3.8, 4) is 5.75 Å². The van der Waals surface area contributed by atoms with Gasteiger partial charge in [-0.2, -0.15) is 9.78 Å². The number of aryl methyl sites for hydroxylation is 1. The van der Waals surface area contributed by atoms with Crippen LogP contribution < -0.4 is 10.3 Å². The molecule has 1 aromatic heterocycles. The summed E-state index contributed by atoms with van der Waals surface area (Å²) in [6.45, 7) is 5.77. The second-order valence-electron chi connectivity index (χ2n) is 7.25. The van der Waals surface area contributed by atoms with E-state index in [2.05, 4.69) is 41.9 Å². The van der Waals surface area contributed by atoms with E-state index >= 15 is 0 Å². The number of hydrogen-bond donors (Lipinski definition) is 0. The Labute approximate surface area is 201 Å². The zero-order chi connectivity index (χ0) is 23.4. The molecule has 0 fully saturated rings. The first kappa shape index (κ1) is 24.1. The molecule has 10 heteroatoms. The van der Waals surface area contributed by atoms with E-state index in [1.165, 1.54) is 17.0 Å². The molecule has 0 saturated carbocycles. The second-order valence-corrected chi connectivity index (χ2v) is 9.02. The lowest BCUT2D eigenvalue weighted by atomic mass is 10.2. The van der Waals surface area contributed by atoms with Crippen LogP contribution in [-0.2, 0) is 6.42 Å². The number of fused-ring (bicyclic) bond motifs is 1. The maximum atomic E-state index is 13.1. The van der Waals surface area contributed by atoms with E-state index in [4.69, 9.17) is 4.74 Å². The van der Waals surface area contributed by atoms with Crippen molar-refractivity contribution < 1.29 is 9.66 Å². The van der Waals surface area contributed by atoms with Crippen molar-refractivity contribution in [3.63, 3.8) is 0 Å². The lowest BCUT2D eigenvalue weighted by Crippen LogP contribution is -2.22. The van der Waals surface area contributed by atoms with Crippen molar-refractivity contribution in [3.05, 3.63) is 71.1 Å². The summed E-state index contributed by atoms with van der Waals surface area (Å²) in [4.78, 5) is 28.8. The molecule has 0 bridgehead atoms. The molecule has 3 rings (SSSR count). The van der Waals surface area contributed by atoms with Crippen LogP contribution >= 0.6 is 31.9 Å². The molecular weight excluding hydrogens is 544 g/mol. The number of nitro groups is 1. The number of nitrogens with zero attached hydrogens (tertiary/aromatic N) is 4. The molecule has 0 aliphatic heterocycles. The first-order valence-corrected chi connectivity index (χ1v) is 11.7. The summed E-state index contributed by atoms with van der Waals surface area (Å²) in [6, 6.07) is 8.36. The van der Waals surface area contributed by atoms with E-state index in [-0.39, 0.29) is 23.1 Å². The van der Waals surface area contributed by atoms with Gasteiger partial charge in [0.2, 0.25) is 5.75 Å². The maximum absolute atomic E-state index is 13.1. The third kappa shape index (κ3) is 5.24. The standard InChI is InChI=1S/C22H22Br2N4O4/c1-4-6-20-26-18-8-7-15(23)11-16(18)22(29)27(20)25-12-14-9-17(24)21(32-13(3)5-2)19(10-14)28(30)31/h7-13H,4-6H2,1-3H3/t13-/m1/s1. The fourth-order valence-corrected chi connectivity index (χ4v) is 3.96. The quantitative estimate of drug-likeness (QED) is 0.194. The third-order valence-corrected chi connectivity index (χ3v) is 5.89. The molecular formula is C22H22Br2N4O4. The zero-order valence-corrected chi connectivity index (χ0v) is 21.0. The Hall–Kier alpha value is -2.59. The summed E-state index contributed by atoms with van der Waals surface area (Å²) in [5.41, 5.74) is 0.561. The molecule has 1 atom stereocenters. The predicted octanol–water partition coefficient (Wildman–Crippen LogP) is 5.84. The minimum absolute atomic E-state index is 0.169. The van der Waals surface area contributed by atoms with Crippen molar-refractivity contribution in [2.24, 2.45) is 5.10 Å². The molecule has 8 nitrogen and oxygen atoms in total. The van der Waals surface area contributed by atoms with Gasteiger partial charge in [-0.25, -0.2) is 4.98 Å². The van der Waals surface area contributed by atoms with Gasteiger partial charge in [-0.05, 0) is 60.0 Å². The van der Waals surface area contributed by atoms with Crippen LogP contribution in [0.4, 0.5) is 5.69 Å². The van der Waals surface area contributed by atoms with Gasteiger partial charge in [-0.15, -0.1) is 0 Å². The third-order valence-electron chi connectivity index (χ3n) is 4.81. The smallest absolute Gasteiger partial charge is 0.312 e. The first-order chi connectivity index (χ1) is 15.2. The molecule has 0 N–H and O–H groups in total. The van der Waals surface area contributed by atoms with Gasteiger partial charge >= 0.3 is 5.69 Å². The predicted molar refractivity (Wildman–Crippen MR) is 132 cm³/mol. The molecule has 0 aliphatic rings. The molecule has 2 aromatic carbocycles. The number of nitro benzene ring substituents is 1. The summed E-state index contributed by atoms with van der Waals surface area (Å²) < 4.78 is 8.19. The van der Waals surface area contributed by atoms with Crippen molar-refractivity contribution >= 4 is 54.7 Å². The van der Waals surface area contributed by atoms with Crippen molar-refractivity contribution in [1.29, 1.82) is 0 Å². The number of benzene rings is 2. The van der Waals surface area contributed by atoms with Gasteiger partial charge < -0.3 is 4.74 Å². The molecule has 3 aromatic rings. The fraction of sp³-hybridized carbons (Fsp3) is 0.318. The van der Waals surface area contributed by atoms with Gasteiger partial charge in [0, 0.05) is 22.5 Å². The Bertz CT molecular complexity index is 1260. The van der Waals surface area contributed by atoms with Crippen LogP contribution in [0.15, 0.2) is 49.2 Å². The first-order valence-electron chi connectivity index (χ1n) is 10.1. The lowest BCUT2D eigenvalue weighted by molar-refractivity contribution is -0.386. The molecule has 32 heavy (non-hydrogen) atoms. The van der Waals surface area contributed by atoms with Crippen LogP contribution in [0.5, 0.6) is 5.75 Å². The van der Waals surface area contributed by atoms with Crippen molar-refractivity contribution in [2.45, 2.75) is 46.1 Å². The summed E-state index contributed by atoms with van der Waals surface area (Å²) in [7, 11) is 0. The van der Waals surface area contributed by atoms with E-state index in [1.54, 1.807) is 18.2 Å². The van der Waals surface area contributed by atoms with Crippen LogP contribution in [-0.4, -0.2) is 26.9 Å². The highest BCUT2D eigenvalue weighted by atomic mass is 79.9. The minimum atomic E-state index is -0.496. The summed E-state index contributed by atoms with van der Waals surface area (Å²) >= 11 is 6.75. The molecule has 0 saturated heterocycles. The average molecular weight is 566 g/mol. The second kappa shape index (κ2) is 10.4. The number of aromatic nitrogens is 2. The number of hydrogen-bond acceptors (Lipinski definition) is 6. The van der Waals surface area contributed by atoms with E-state index in [1.807, 2.05) is 26.8 Å². The van der Waals surface area contributed by atoms with E-state index < -0.39 is 4.92 Å². The average Bonchev–Trinajstić information content (AvgIpc) is 2.75. The van der Waals surface area contributed by atoms with Crippen LogP contribution in [0.25, 0.3) is 10.9 Å². The van der Waals surface area contributed by atoms with Crippen molar-refractivity contribution in [1.82, 2.24) is 9.66 Å². The van der Waals surface area contributed by atoms with Crippen molar-refractivity contribution in [2.75, 3.05) is 0 Å². The molecule has 0 radical (unpaired) electrons. The summed E-state index contributed by atoms with van der Waals surface area (Å²) in [6.07, 6.45) is 3.28. The van der Waals surface area contributed by atoms with Gasteiger partial charge in [0.15, 0.2) is 0 Å². The molecule has 0 spiro atoms. The number of ether oxygens (including phenoxy) is 1. The highest BCUT2D eigenvalue weighted by Gasteiger charge is 2.21. The van der Waals surface area contributed by atoms with Gasteiger partial charge in [0.25, 0.3) is 5.56 Å². The zero-order valence-electron chi connectivity index (χ0n) is 17.8. The normalized spacial score (nSPS) is 12.4. The Kier molecular flexibility index (Phi) is 7.78. The van der Waals surface area contributed by atoms with Crippen LogP contribution in [0, 0.1) is 10.1 Å². The Morgan fingerprint density at radius 1 is 1.28 bits per heavy atom. The Balaban J connectivity index is 2.10. The minimum Gasteiger partial charge on any atom is -0.483 e. The topological polar surface area (TPSA) is 99.6 Å². The van der Waals surface area contributed by atoms with Gasteiger partial charge in [0.1, 0.15) is 5.82 Å². The summed E-state index contributed by atoms with van der Waals surface area (Å²) in [5.74, 6) is 0.691. The lowest BCUT2D eigenvalue weighted by Gasteiger charge is -2.14. The SMILES string of the molecule is CCCc1nc2ccc(Br)cc2c(=O)n1N=Cc1cc(Br)c(O[C@H](C)CC)c([N+](=O)[O-])c1. The van der Waals surface area contributed by atoms with Gasteiger partial charge in [0.05, 0.1) is 32.6 Å². The molecule has 0 aliphatic carbocycles.